The van der Waals surface area contributed by atoms with E-state index < -0.39 is 11.7 Å². The highest BCUT2D eigenvalue weighted by atomic mass is 79.9. The number of fused-ring (bicyclic) bond motifs is 1. The van der Waals surface area contributed by atoms with Gasteiger partial charge in [-0.15, -0.1) is 0 Å². The van der Waals surface area contributed by atoms with Crippen molar-refractivity contribution in [2.75, 3.05) is 13.2 Å². The van der Waals surface area contributed by atoms with E-state index in [0.717, 1.165) is 15.8 Å². The molecule has 0 aromatic heterocycles. The van der Waals surface area contributed by atoms with Gasteiger partial charge in [-0.1, -0.05) is 15.9 Å². The first-order valence-electron chi connectivity index (χ1n) is 5.78. The summed E-state index contributed by atoms with van der Waals surface area (Å²) in [6, 6.07) is 5.70. The van der Waals surface area contributed by atoms with Gasteiger partial charge in [-0.3, -0.25) is 0 Å². The summed E-state index contributed by atoms with van der Waals surface area (Å²) in [4.78, 5) is 0. The van der Waals surface area contributed by atoms with Crippen LogP contribution in [0.15, 0.2) is 22.7 Å². The lowest BCUT2D eigenvalue weighted by Crippen LogP contribution is -2.42. The average molecular weight is 301 g/mol. The third kappa shape index (κ3) is 2.81. The number of hydrogen-bond donors (Lipinski definition) is 1. The van der Waals surface area contributed by atoms with Gasteiger partial charge < -0.3 is 14.6 Å². The molecule has 0 aliphatic carbocycles. The summed E-state index contributed by atoms with van der Waals surface area (Å²) >= 11 is 3.40. The molecule has 2 unspecified atom stereocenters. The molecule has 1 aliphatic rings. The average Bonchev–Trinajstić information content (AvgIpc) is 2.28. The number of ether oxygens (including phenoxy) is 2. The van der Waals surface area contributed by atoms with E-state index in [0.29, 0.717) is 19.6 Å². The summed E-state index contributed by atoms with van der Waals surface area (Å²) in [5, 5.41) is 10.2. The predicted molar refractivity (Wildman–Crippen MR) is 69.2 cm³/mol. The highest BCUT2D eigenvalue weighted by Gasteiger charge is 2.36. The van der Waals surface area contributed by atoms with Gasteiger partial charge in [0, 0.05) is 23.1 Å². The third-order valence-corrected chi connectivity index (χ3v) is 3.42. The van der Waals surface area contributed by atoms with Crippen LogP contribution in [0.5, 0.6) is 5.75 Å². The molecular weight excluding hydrogens is 284 g/mol. The maximum atomic E-state index is 10.2. The van der Waals surface area contributed by atoms with Crippen LogP contribution in [-0.2, 0) is 4.74 Å². The minimum atomic E-state index is -0.498. The smallest absolute Gasteiger partial charge is 0.132 e. The second kappa shape index (κ2) is 4.96. The SMILES string of the molecule is CCOCC1(C)CC(O)c2cc(Br)ccc2O1. The van der Waals surface area contributed by atoms with E-state index in [1.807, 2.05) is 32.0 Å². The molecule has 1 aromatic carbocycles. The molecule has 94 valence electrons. The lowest BCUT2D eigenvalue weighted by molar-refractivity contribution is -0.0575. The molecule has 1 N–H and O–H groups in total. The molecule has 2 rings (SSSR count). The number of hydrogen-bond acceptors (Lipinski definition) is 3. The van der Waals surface area contributed by atoms with Crippen molar-refractivity contribution in [2.24, 2.45) is 0 Å². The second-order valence-corrected chi connectivity index (χ2v) is 5.51. The number of aliphatic hydroxyl groups excluding tert-OH is 1. The van der Waals surface area contributed by atoms with Crippen molar-refractivity contribution in [2.45, 2.75) is 32.0 Å². The lowest BCUT2D eigenvalue weighted by atomic mass is 9.91. The summed E-state index contributed by atoms with van der Waals surface area (Å²) in [6.07, 6.45) is 0.0536. The Morgan fingerprint density at radius 3 is 3.06 bits per heavy atom. The van der Waals surface area contributed by atoms with Crippen molar-refractivity contribution in [3.05, 3.63) is 28.2 Å². The van der Waals surface area contributed by atoms with Crippen LogP contribution in [0.2, 0.25) is 0 Å². The Bertz CT molecular complexity index is 408. The highest BCUT2D eigenvalue weighted by molar-refractivity contribution is 9.10. The molecule has 3 nitrogen and oxygen atoms in total. The highest BCUT2D eigenvalue weighted by Crippen LogP contribution is 2.40. The van der Waals surface area contributed by atoms with E-state index in [1.165, 1.54) is 0 Å². The zero-order chi connectivity index (χ0) is 12.5. The number of rotatable bonds is 3. The Kier molecular flexibility index (Phi) is 3.76. The van der Waals surface area contributed by atoms with Crippen LogP contribution in [0.25, 0.3) is 0 Å². The van der Waals surface area contributed by atoms with Gasteiger partial charge in [0.1, 0.15) is 11.4 Å². The third-order valence-electron chi connectivity index (χ3n) is 2.92. The fourth-order valence-electron chi connectivity index (χ4n) is 2.11. The van der Waals surface area contributed by atoms with Gasteiger partial charge in [0.15, 0.2) is 0 Å². The van der Waals surface area contributed by atoms with E-state index in [2.05, 4.69) is 15.9 Å². The van der Waals surface area contributed by atoms with Crippen molar-refractivity contribution in [3.8, 4) is 5.75 Å². The standard InChI is InChI=1S/C13H17BrO3/c1-3-16-8-13(2)7-11(15)10-6-9(14)4-5-12(10)17-13/h4-6,11,15H,3,7-8H2,1-2H3. The van der Waals surface area contributed by atoms with E-state index in [-0.39, 0.29) is 0 Å². The van der Waals surface area contributed by atoms with Gasteiger partial charge in [-0.25, -0.2) is 0 Å². The summed E-state index contributed by atoms with van der Waals surface area (Å²) < 4.78 is 12.3. The summed E-state index contributed by atoms with van der Waals surface area (Å²) in [6.45, 7) is 5.07. The van der Waals surface area contributed by atoms with Gasteiger partial charge in [0.25, 0.3) is 0 Å². The van der Waals surface area contributed by atoms with Crippen molar-refractivity contribution in [1.29, 1.82) is 0 Å². The summed E-state index contributed by atoms with van der Waals surface area (Å²) in [7, 11) is 0. The normalized spacial score (nSPS) is 27.4. The first-order chi connectivity index (χ1) is 8.04. The maximum absolute atomic E-state index is 10.2. The molecule has 1 aliphatic heterocycles. The Balaban J connectivity index is 2.23. The first kappa shape index (κ1) is 12.9. The number of benzene rings is 1. The molecule has 0 radical (unpaired) electrons. The molecule has 0 spiro atoms. The predicted octanol–water partition coefficient (Wildman–Crippen LogP) is 3.06. The quantitative estimate of drug-likeness (QED) is 0.932. The van der Waals surface area contributed by atoms with Crippen LogP contribution in [0, 0.1) is 0 Å². The fraction of sp³-hybridized carbons (Fsp3) is 0.538. The van der Waals surface area contributed by atoms with E-state index >= 15 is 0 Å². The van der Waals surface area contributed by atoms with Crippen LogP contribution in [0.1, 0.15) is 31.9 Å². The van der Waals surface area contributed by atoms with Crippen LogP contribution in [0.3, 0.4) is 0 Å². The molecule has 1 aromatic rings. The molecule has 1 heterocycles. The fourth-order valence-corrected chi connectivity index (χ4v) is 2.48. The molecule has 17 heavy (non-hydrogen) atoms. The second-order valence-electron chi connectivity index (χ2n) is 4.59. The van der Waals surface area contributed by atoms with Gasteiger partial charge in [0.2, 0.25) is 0 Å². The zero-order valence-corrected chi connectivity index (χ0v) is 11.7. The topological polar surface area (TPSA) is 38.7 Å². The molecule has 0 saturated carbocycles. The molecule has 0 saturated heterocycles. The Labute approximate surface area is 110 Å². The number of aliphatic hydroxyl groups is 1. The molecule has 4 heteroatoms. The monoisotopic (exact) mass is 300 g/mol. The van der Waals surface area contributed by atoms with Crippen LogP contribution in [0.4, 0.5) is 0 Å². The van der Waals surface area contributed by atoms with Crippen molar-refractivity contribution < 1.29 is 14.6 Å². The van der Waals surface area contributed by atoms with E-state index in [4.69, 9.17) is 9.47 Å². The van der Waals surface area contributed by atoms with Crippen molar-refractivity contribution >= 4 is 15.9 Å². The Morgan fingerprint density at radius 1 is 1.59 bits per heavy atom. The minimum absolute atomic E-state index is 0.448. The van der Waals surface area contributed by atoms with Crippen molar-refractivity contribution in [3.63, 3.8) is 0 Å². The molecule has 0 amide bonds. The minimum Gasteiger partial charge on any atom is -0.485 e. The van der Waals surface area contributed by atoms with Gasteiger partial charge in [-0.05, 0) is 32.0 Å². The Morgan fingerprint density at radius 2 is 2.35 bits per heavy atom. The lowest BCUT2D eigenvalue weighted by Gasteiger charge is -2.38. The first-order valence-corrected chi connectivity index (χ1v) is 6.57. The Hall–Kier alpha value is -0.580. The maximum Gasteiger partial charge on any atom is 0.132 e. The zero-order valence-electron chi connectivity index (χ0n) is 10.1. The van der Waals surface area contributed by atoms with E-state index in [9.17, 15) is 5.11 Å². The van der Waals surface area contributed by atoms with Crippen molar-refractivity contribution in [1.82, 2.24) is 0 Å². The van der Waals surface area contributed by atoms with E-state index in [1.54, 1.807) is 0 Å². The van der Waals surface area contributed by atoms with Gasteiger partial charge >= 0.3 is 0 Å². The largest absolute Gasteiger partial charge is 0.485 e. The summed E-state index contributed by atoms with van der Waals surface area (Å²) in [5.41, 5.74) is 0.393. The van der Waals surface area contributed by atoms with Crippen LogP contribution >= 0.6 is 15.9 Å². The summed E-state index contributed by atoms with van der Waals surface area (Å²) in [5.74, 6) is 0.745. The molecule has 0 fully saturated rings. The number of halogens is 1. The molecule has 2 atom stereocenters. The van der Waals surface area contributed by atoms with Gasteiger partial charge in [-0.2, -0.15) is 0 Å². The van der Waals surface area contributed by atoms with Crippen LogP contribution in [-0.4, -0.2) is 23.9 Å². The van der Waals surface area contributed by atoms with Crippen LogP contribution < -0.4 is 4.74 Å². The van der Waals surface area contributed by atoms with Gasteiger partial charge in [0.05, 0.1) is 12.7 Å². The molecule has 0 bridgehead atoms. The molecular formula is C13H17BrO3.